The van der Waals surface area contributed by atoms with Crippen LogP contribution in [0, 0.1) is 6.92 Å². The molecule has 47 heavy (non-hydrogen) atoms. The third kappa shape index (κ3) is 6.17. The Kier molecular flexibility index (Phi) is 8.14. The average molecular weight is 629 g/mol. The van der Waals surface area contributed by atoms with Gasteiger partial charge >= 0.3 is 0 Å². The van der Waals surface area contributed by atoms with Crippen LogP contribution < -0.4 is 5.73 Å². The Hall–Kier alpha value is -5.18. The first-order valence-electron chi connectivity index (χ1n) is 16.0. The number of hydrogen-bond acceptors (Lipinski definition) is 2. The molecule has 230 valence electrons. The second-order valence-corrected chi connectivity index (χ2v) is 13.3. The van der Waals surface area contributed by atoms with Gasteiger partial charge in [0.05, 0.1) is 12.3 Å². The number of allylic oxidation sites excluding steroid dienone is 1. The van der Waals surface area contributed by atoms with Crippen molar-refractivity contribution in [3.63, 3.8) is 0 Å². The second-order valence-electron chi connectivity index (χ2n) is 12.9. The van der Waals surface area contributed by atoms with Gasteiger partial charge in [0.15, 0.2) is 0 Å². The fourth-order valence-corrected chi connectivity index (χ4v) is 6.87. The first-order valence-corrected chi connectivity index (χ1v) is 16.4. The number of nitrogens with two attached hydrogens (primary N) is 1. The van der Waals surface area contributed by atoms with E-state index in [1.807, 2.05) is 42.5 Å². The highest BCUT2D eigenvalue weighted by Gasteiger charge is 2.35. The number of aryl methyl sites for hydroxylation is 1. The molecule has 6 aromatic carbocycles. The van der Waals surface area contributed by atoms with Crippen LogP contribution >= 0.6 is 11.6 Å². The summed E-state index contributed by atoms with van der Waals surface area (Å²) in [5.41, 5.74) is 22.2. The topological polar surface area (TPSA) is 38.4 Å². The Morgan fingerprint density at radius 3 is 1.98 bits per heavy atom. The molecule has 0 unspecified atom stereocenters. The molecule has 3 heteroatoms. The van der Waals surface area contributed by atoms with Crippen molar-refractivity contribution in [1.29, 1.82) is 0 Å². The van der Waals surface area contributed by atoms with Gasteiger partial charge in [-0.3, -0.25) is 4.99 Å². The van der Waals surface area contributed by atoms with Gasteiger partial charge in [0.25, 0.3) is 0 Å². The predicted octanol–water partition coefficient (Wildman–Crippen LogP) is 11.3. The zero-order valence-corrected chi connectivity index (χ0v) is 27.7. The lowest BCUT2D eigenvalue weighted by Gasteiger charge is -2.22. The van der Waals surface area contributed by atoms with Crippen LogP contribution in [-0.2, 0) is 12.0 Å². The van der Waals surface area contributed by atoms with E-state index >= 15 is 0 Å². The molecule has 0 atom stereocenters. The van der Waals surface area contributed by atoms with E-state index in [-0.39, 0.29) is 5.41 Å². The molecule has 6 aromatic rings. The molecule has 0 fully saturated rings. The van der Waals surface area contributed by atoms with Crippen molar-refractivity contribution in [3.8, 4) is 33.4 Å². The summed E-state index contributed by atoms with van der Waals surface area (Å²) in [6, 6.07) is 48.8. The van der Waals surface area contributed by atoms with Crippen LogP contribution in [0.4, 0.5) is 0 Å². The van der Waals surface area contributed by atoms with Gasteiger partial charge in [0, 0.05) is 21.7 Å². The molecular weight excluding hydrogens is 592 g/mol. The molecule has 0 radical (unpaired) electrons. The molecular formula is C44H37ClN2. The van der Waals surface area contributed by atoms with Crippen molar-refractivity contribution in [3.05, 3.63) is 184 Å². The Morgan fingerprint density at radius 2 is 1.26 bits per heavy atom. The minimum atomic E-state index is -0.0936. The average Bonchev–Trinajstić information content (AvgIpc) is 3.32. The SMILES string of the molecule is Cc1ccc2c(c1)C(C)(C)c1cc(-c3cc(Cl)cc(C(/C=C(\N)c4ccc(-c5ccccc5)cc4)=N/Cc4ccccc4)c3)ccc1-2. The zero-order valence-electron chi connectivity index (χ0n) is 27.0. The molecule has 1 aliphatic rings. The second kappa shape index (κ2) is 12.5. The molecule has 1 aliphatic carbocycles. The molecule has 0 heterocycles. The van der Waals surface area contributed by atoms with E-state index in [4.69, 9.17) is 22.3 Å². The van der Waals surface area contributed by atoms with Gasteiger partial charge in [-0.05, 0) is 92.9 Å². The van der Waals surface area contributed by atoms with E-state index in [2.05, 4.69) is 124 Å². The van der Waals surface area contributed by atoms with E-state index < -0.39 is 0 Å². The van der Waals surface area contributed by atoms with E-state index in [0.29, 0.717) is 17.3 Å². The highest BCUT2D eigenvalue weighted by atomic mass is 35.5. The molecule has 0 aromatic heterocycles. The van der Waals surface area contributed by atoms with Crippen molar-refractivity contribution in [1.82, 2.24) is 0 Å². The van der Waals surface area contributed by atoms with E-state index in [1.165, 1.54) is 33.4 Å². The van der Waals surface area contributed by atoms with Crippen LogP contribution in [-0.4, -0.2) is 5.71 Å². The Labute approximate surface area is 282 Å². The first-order chi connectivity index (χ1) is 22.8. The van der Waals surface area contributed by atoms with E-state index in [9.17, 15) is 0 Å². The molecule has 0 spiro atoms. The predicted molar refractivity (Wildman–Crippen MR) is 200 cm³/mol. The van der Waals surface area contributed by atoms with Crippen molar-refractivity contribution in [2.24, 2.45) is 10.7 Å². The maximum absolute atomic E-state index is 6.85. The summed E-state index contributed by atoms with van der Waals surface area (Å²) in [5, 5.41) is 0.655. The van der Waals surface area contributed by atoms with Gasteiger partial charge in [-0.2, -0.15) is 0 Å². The number of rotatable bonds is 7. The fraction of sp³-hybridized carbons (Fsp3) is 0.114. The van der Waals surface area contributed by atoms with Crippen LogP contribution in [0.25, 0.3) is 39.1 Å². The van der Waals surface area contributed by atoms with Gasteiger partial charge in [-0.25, -0.2) is 0 Å². The standard InChI is InChI=1S/C44H37ClN2/c1-29-14-20-38-39-21-19-34(26-41(39)44(2,3)40(38)22-29)35-23-36(25-37(45)24-35)43(47-28-30-10-6-4-7-11-30)27-42(46)33-17-15-32(16-18-33)31-12-8-5-9-13-31/h4-27H,28,46H2,1-3H3/b42-27-,47-43+. The van der Waals surface area contributed by atoms with Gasteiger partial charge in [0.2, 0.25) is 0 Å². The normalized spacial score (nSPS) is 13.7. The summed E-state index contributed by atoms with van der Waals surface area (Å²) in [7, 11) is 0. The van der Waals surface area contributed by atoms with Crippen LogP contribution in [0.5, 0.6) is 0 Å². The fourth-order valence-electron chi connectivity index (χ4n) is 6.63. The number of benzene rings is 6. The van der Waals surface area contributed by atoms with Crippen LogP contribution in [0.1, 0.15) is 47.2 Å². The third-order valence-corrected chi connectivity index (χ3v) is 9.47. The van der Waals surface area contributed by atoms with Crippen molar-refractivity contribution >= 4 is 23.0 Å². The summed E-state index contributed by atoms with van der Waals surface area (Å²) in [5.74, 6) is 0. The summed E-state index contributed by atoms with van der Waals surface area (Å²) in [6.07, 6.45) is 1.97. The summed E-state index contributed by atoms with van der Waals surface area (Å²) >= 11 is 6.85. The van der Waals surface area contributed by atoms with Crippen LogP contribution in [0.2, 0.25) is 5.02 Å². The maximum Gasteiger partial charge on any atom is 0.0672 e. The largest absolute Gasteiger partial charge is 0.398 e. The number of nitrogens with zero attached hydrogens (tertiary/aromatic N) is 1. The lowest BCUT2D eigenvalue weighted by Crippen LogP contribution is -2.15. The van der Waals surface area contributed by atoms with Gasteiger partial charge in [0.1, 0.15) is 0 Å². The minimum absolute atomic E-state index is 0.0936. The lowest BCUT2D eigenvalue weighted by molar-refractivity contribution is 0.660. The summed E-state index contributed by atoms with van der Waals surface area (Å²) in [6.45, 7) is 7.33. The smallest absolute Gasteiger partial charge is 0.0672 e. The molecule has 0 saturated heterocycles. The first kappa shape index (κ1) is 30.5. The maximum atomic E-state index is 6.85. The number of fused-ring (bicyclic) bond motifs is 3. The summed E-state index contributed by atoms with van der Waals surface area (Å²) in [4.78, 5) is 5.09. The minimum Gasteiger partial charge on any atom is -0.398 e. The molecule has 0 bridgehead atoms. The van der Waals surface area contributed by atoms with Crippen molar-refractivity contribution in [2.45, 2.75) is 32.7 Å². The molecule has 7 rings (SSSR count). The number of hydrogen-bond donors (Lipinski definition) is 1. The Balaban J connectivity index is 1.27. The molecule has 0 aliphatic heterocycles. The quantitative estimate of drug-likeness (QED) is 0.175. The number of aliphatic imine (C=N–C) groups is 1. The van der Waals surface area contributed by atoms with Crippen LogP contribution in [0.15, 0.2) is 151 Å². The van der Waals surface area contributed by atoms with Gasteiger partial charge in [-0.15, -0.1) is 0 Å². The van der Waals surface area contributed by atoms with E-state index in [0.717, 1.165) is 39.1 Å². The molecule has 0 saturated carbocycles. The summed E-state index contributed by atoms with van der Waals surface area (Å²) < 4.78 is 0. The number of halogens is 1. The highest BCUT2D eigenvalue weighted by molar-refractivity contribution is 6.31. The third-order valence-electron chi connectivity index (χ3n) is 9.25. The Morgan fingerprint density at radius 1 is 0.638 bits per heavy atom. The zero-order chi connectivity index (χ0) is 32.5. The van der Waals surface area contributed by atoms with Gasteiger partial charge < -0.3 is 5.73 Å². The van der Waals surface area contributed by atoms with Crippen molar-refractivity contribution in [2.75, 3.05) is 0 Å². The molecule has 2 nitrogen and oxygen atoms in total. The van der Waals surface area contributed by atoms with Crippen LogP contribution in [0.3, 0.4) is 0 Å². The molecule has 0 amide bonds. The van der Waals surface area contributed by atoms with Gasteiger partial charge in [-0.1, -0.05) is 146 Å². The highest BCUT2D eigenvalue weighted by Crippen LogP contribution is 2.50. The van der Waals surface area contributed by atoms with Crippen molar-refractivity contribution < 1.29 is 0 Å². The van der Waals surface area contributed by atoms with E-state index in [1.54, 1.807) is 0 Å². The Bertz CT molecular complexity index is 2140. The monoisotopic (exact) mass is 628 g/mol. The lowest BCUT2D eigenvalue weighted by atomic mass is 9.81. The molecule has 2 N–H and O–H groups in total.